The minimum absolute atomic E-state index is 0.107. The van der Waals surface area contributed by atoms with Crippen molar-refractivity contribution in [2.75, 3.05) is 19.8 Å². The van der Waals surface area contributed by atoms with E-state index in [1.54, 1.807) is 0 Å². The van der Waals surface area contributed by atoms with Crippen LogP contribution >= 0.6 is 11.6 Å². The lowest BCUT2D eigenvalue weighted by Gasteiger charge is -2.13. The van der Waals surface area contributed by atoms with Gasteiger partial charge < -0.3 is 18.9 Å². The Bertz CT molecular complexity index is 721. The Morgan fingerprint density at radius 3 is 2.35 bits per heavy atom. The molecule has 0 aliphatic carbocycles. The van der Waals surface area contributed by atoms with Gasteiger partial charge in [0.2, 0.25) is 0 Å². The van der Waals surface area contributed by atoms with Crippen molar-refractivity contribution in [1.29, 1.82) is 0 Å². The molecule has 4 nitrogen and oxygen atoms in total. The fraction of sp³-hybridized carbons (Fsp3) is 0.333. The maximum atomic E-state index is 5.90. The Labute approximate surface area is 159 Å². The minimum atomic E-state index is -0.369. The third-order valence-electron chi connectivity index (χ3n) is 3.89. The molecule has 0 radical (unpaired) electrons. The second kappa shape index (κ2) is 9.08. The van der Waals surface area contributed by atoms with Crippen LogP contribution in [0.2, 0.25) is 5.02 Å². The zero-order valence-corrected chi connectivity index (χ0v) is 15.7. The molecule has 0 aromatic heterocycles. The molecule has 2 aromatic carbocycles. The Kier molecular flexibility index (Phi) is 6.56. The lowest BCUT2D eigenvalue weighted by Crippen LogP contribution is -2.19. The van der Waals surface area contributed by atoms with Crippen LogP contribution < -0.4 is 9.47 Å². The van der Waals surface area contributed by atoms with Gasteiger partial charge in [0.1, 0.15) is 30.8 Å². The zero-order valence-electron chi connectivity index (χ0n) is 15.0. The smallest absolute Gasteiger partial charge is 0.184 e. The van der Waals surface area contributed by atoms with Gasteiger partial charge in [-0.2, -0.15) is 0 Å². The zero-order chi connectivity index (χ0) is 18.4. The van der Waals surface area contributed by atoms with Gasteiger partial charge in [0.25, 0.3) is 0 Å². The van der Waals surface area contributed by atoms with E-state index in [0.29, 0.717) is 24.8 Å². The molecule has 26 heavy (non-hydrogen) atoms. The molecule has 0 N–H and O–H groups in total. The molecular weight excluding hydrogens is 352 g/mol. The summed E-state index contributed by atoms with van der Waals surface area (Å²) in [5.74, 6) is 1.59. The third kappa shape index (κ3) is 5.49. The molecule has 1 aliphatic rings. The minimum Gasteiger partial charge on any atom is -0.491 e. The number of hydrogen-bond acceptors (Lipinski definition) is 4. The second-order valence-electron chi connectivity index (χ2n) is 6.35. The van der Waals surface area contributed by atoms with Crippen LogP contribution in [-0.2, 0) is 9.47 Å². The average Bonchev–Trinajstić information content (AvgIpc) is 3.10. The Morgan fingerprint density at radius 2 is 1.69 bits per heavy atom. The van der Waals surface area contributed by atoms with Crippen molar-refractivity contribution in [2.24, 2.45) is 0 Å². The second-order valence-corrected chi connectivity index (χ2v) is 6.79. The predicted molar refractivity (Wildman–Crippen MR) is 102 cm³/mol. The predicted octanol–water partition coefficient (Wildman–Crippen LogP) is 5.18. The van der Waals surface area contributed by atoms with Crippen molar-refractivity contribution < 1.29 is 18.9 Å². The van der Waals surface area contributed by atoms with E-state index in [9.17, 15) is 0 Å². The first-order valence-corrected chi connectivity index (χ1v) is 8.99. The van der Waals surface area contributed by atoms with E-state index < -0.39 is 0 Å². The van der Waals surface area contributed by atoms with E-state index in [0.717, 1.165) is 17.1 Å². The number of rotatable bonds is 7. The summed E-state index contributed by atoms with van der Waals surface area (Å²) in [5, 5.41) is 0.694. The molecular formula is C21H23ClO4. The summed E-state index contributed by atoms with van der Waals surface area (Å²) in [4.78, 5) is 0. The topological polar surface area (TPSA) is 36.9 Å². The van der Waals surface area contributed by atoms with Crippen molar-refractivity contribution >= 4 is 11.6 Å². The summed E-state index contributed by atoms with van der Waals surface area (Å²) in [5.41, 5.74) is 2.19. The van der Waals surface area contributed by atoms with Crippen LogP contribution in [0.15, 0.2) is 60.2 Å². The van der Waals surface area contributed by atoms with Gasteiger partial charge in [-0.25, -0.2) is 0 Å². The fourth-order valence-corrected chi connectivity index (χ4v) is 2.58. The van der Waals surface area contributed by atoms with Crippen molar-refractivity contribution in [3.8, 4) is 11.5 Å². The van der Waals surface area contributed by atoms with E-state index in [1.165, 1.54) is 5.57 Å². The standard InChI is InChI=1S/C21H23ClO4/c1-15(2)11-12-23-18-7-9-19(10-8-18)24-13-20-14-25-21(26-20)16-3-5-17(22)6-4-16/h3-11,20-21H,12-14H2,1-2H3. The molecule has 5 heteroatoms. The molecule has 0 amide bonds. The molecule has 1 fully saturated rings. The highest BCUT2D eigenvalue weighted by Crippen LogP contribution is 2.28. The lowest BCUT2D eigenvalue weighted by molar-refractivity contribution is -0.0659. The summed E-state index contributed by atoms with van der Waals surface area (Å²) < 4.78 is 23.0. The van der Waals surface area contributed by atoms with Crippen molar-refractivity contribution in [3.05, 3.63) is 70.8 Å². The van der Waals surface area contributed by atoms with Gasteiger partial charge in [-0.05, 0) is 56.3 Å². The highest BCUT2D eigenvalue weighted by Gasteiger charge is 2.27. The molecule has 0 saturated carbocycles. The first-order valence-electron chi connectivity index (χ1n) is 8.62. The van der Waals surface area contributed by atoms with Crippen LogP contribution in [0.1, 0.15) is 25.7 Å². The van der Waals surface area contributed by atoms with E-state index in [2.05, 4.69) is 0 Å². The number of ether oxygens (including phenoxy) is 4. The molecule has 2 unspecified atom stereocenters. The largest absolute Gasteiger partial charge is 0.491 e. The normalized spacial score (nSPS) is 19.2. The van der Waals surface area contributed by atoms with Gasteiger partial charge in [-0.1, -0.05) is 29.3 Å². The molecule has 1 saturated heterocycles. The maximum Gasteiger partial charge on any atom is 0.184 e. The quantitative estimate of drug-likeness (QED) is 0.626. The Morgan fingerprint density at radius 1 is 1.04 bits per heavy atom. The molecule has 2 aromatic rings. The molecule has 0 spiro atoms. The van der Waals surface area contributed by atoms with Gasteiger partial charge in [0, 0.05) is 10.6 Å². The summed E-state index contributed by atoms with van der Waals surface area (Å²) in [6.07, 6.45) is 1.56. The summed E-state index contributed by atoms with van der Waals surface area (Å²) >= 11 is 5.90. The van der Waals surface area contributed by atoms with Crippen LogP contribution in [0, 0.1) is 0 Å². The summed E-state index contributed by atoms with van der Waals surface area (Å²) in [6.45, 7) is 5.60. The van der Waals surface area contributed by atoms with Crippen molar-refractivity contribution in [1.82, 2.24) is 0 Å². The molecule has 1 aliphatic heterocycles. The molecule has 0 bridgehead atoms. The van der Waals surface area contributed by atoms with Gasteiger partial charge in [-0.3, -0.25) is 0 Å². The summed E-state index contributed by atoms with van der Waals surface area (Å²) in [6, 6.07) is 15.1. The fourth-order valence-electron chi connectivity index (χ4n) is 2.46. The number of hydrogen-bond donors (Lipinski definition) is 0. The van der Waals surface area contributed by atoms with Crippen LogP contribution in [0.25, 0.3) is 0 Å². The van der Waals surface area contributed by atoms with E-state index >= 15 is 0 Å². The first kappa shape index (κ1) is 18.8. The Hall–Kier alpha value is -2.01. The van der Waals surface area contributed by atoms with E-state index in [4.69, 9.17) is 30.5 Å². The van der Waals surface area contributed by atoms with Gasteiger partial charge >= 0.3 is 0 Å². The molecule has 2 atom stereocenters. The average molecular weight is 375 g/mol. The maximum absolute atomic E-state index is 5.90. The highest BCUT2D eigenvalue weighted by molar-refractivity contribution is 6.30. The van der Waals surface area contributed by atoms with Gasteiger partial charge in [0.05, 0.1) is 6.61 Å². The van der Waals surface area contributed by atoms with Crippen molar-refractivity contribution in [3.63, 3.8) is 0 Å². The molecule has 3 rings (SSSR count). The number of allylic oxidation sites excluding steroid dienone is 1. The van der Waals surface area contributed by atoms with E-state index in [-0.39, 0.29) is 12.4 Å². The molecule has 1 heterocycles. The molecule has 138 valence electrons. The Balaban J connectivity index is 1.44. The van der Waals surface area contributed by atoms with Gasteiger partial charge in [0.15, 0.2) is 6.29 Å². The van der Waals surface area contributed by atoms with E-state index in [1.807, 2.05) is 68.5 Å². The highest BCUT2D eigenvalue weighted by atomic mass is 35.5. The number of halogens is 1. The van der Waals surface area contributed by atoms with Crippen molar-refractivity contribution in [2.45, 2.75) is 26.2 Å². The monoisotopic (exact) mass is 374 g/mol. The first-order chi connectivity index (χ1) is 12.6. The van der Waals surface area contributed by atoms with Gasteiger partial charge in [-0.15, -0.1) is 0 Å². The summed E-state index contributed by atoms with van der Waals surface area (Å²) in [7, 11) is 0. The van der Waals surface area contributed by atoms with Crippen LogP contribution in [0.4, 0.5) is 0 Å². The number of benzene rings is 2. The van der Waals surface area contributed by atoms with Crippen LogP contribution in [-0.4, -0.2) is 25.9 Å². The SMILES string of the molecule is CC(C)=CCOc1ccc(OCC2COC(c3ccc(Cl)cc3)O2)cc1. The van der Waals surface area contributed by atoms with Crippen LogP contribution in [0.5, 0.6) is 11.5 Å². The lowest BCUT2D eigenvalue weighted by atomic mass is 10.2. The van der Waals surface area contributed by atoms with Crippen LogP contribution in [0.3, 0.4) is 0 Å². The third-order valence-corrected chi connectivity index (χ3v) is 4.14.